The number of aryl methyl sites for hydroxylation is 1. The van der Waals surface area contributed by atoms with Crippen molar-refractivity contribution in [1.82, 2.24) is 0 Å². The van der Waals surface area contributed by atoms with E-state index in [1.807, 2.05) is 25.1 Å². The minimum Gasteiger partial charge on any atom is -0.397 e. The van der Waals surface area contributed by atoms with Crippen LogP contribution in [-0.4, -0.2) is 4.92 Å². The van der Waals surface area contributed by atoms with Gasteiger partial charge in [-0.25, -0.2) is 0 Å². The van der Waals surface area contributed by atoms with Gasteiger partial charge >= 0.3 is 0 Å². The van der Waals surface area contributed by atoms with Crippen molar-refractivity contribution in [3.05, 3.63) is 63.7 Å². The molecule has 5 heteroatoms. The summed E-state index contributed by atoms with van der Waals surface area (Å²) in [5, 5.41) is 13.8. The molecule has 2 rings (SSSR count). The van der Waals surface area contributed by atoms with Crippen molar-refractivity contribution >= 4 is 17.1 Å². The molecule has 19 heavy (non-hydrogen) atoms. The predicted molar refractivity (Wildman–Crippen MR) is 76.0 cm³/mol. The maximum atomic E-state index is 10.6. The Bertz CT molecular complexity index is 611. The van der Waals surface area contributed by atoms with Crippen LogP contribution in [0, 0.1) is 17.0 Å². The standard InChI is InChI=1S/C14H15N3O2/c1-10-3-2-4-11(7-10)9-16-14-6-5-12(17(18)19)8-13(14)15/h2-8,16H,9,15H2,1H3. The maximum absolute atomic E-state index is 10.6. The molecule has 0 aliphatic rings. The van der Waals surface area contributed by atoms with E-state index in [-0.39, 0.29) is 5.69 Å². The number of nitrogens with one attached hydrogen (secondary N) is 1. The zero-order chi connectivity index (χ0) is 13.8. The van der Waals surface area contributed by atoms with Gasteiger partial charge in [0.05, 0.1) is 16.3 Å². The van der Waals surface area contributed by atoms with Gasteiger partial charge in [-0.2, -0.15) is 0 Å². The number of non-ortho nitro benzene ring substituents is 1. The molecule has 0 radical (unpaired) electrons. The van der Waals surface area contributed by atoms with E-state index < -0.39 is 4.92 Å². The smallest absolute Gasteiger partial charge is 0.271 e. The molecule has 0 atom stereocenters. The van der Waals surface area contributed by atoms with Crippen LogP contribution in [0.5, 0.6) is 0 Å². The SMILES string of the molecule is Cc1cccc(CNc2ccc([N+](=O)[O-])cc2N)c1. The van der Waals surface area contributed by atoms with E-state index in [4.69, 9.17) is 5.73 Å². The third kappa shape index (κ3) is 3.22. The van der Waals surface area contributed by atoms with Crippen LogP contribution >= 0.6 is 0 Å². The highest BCUT2D eigenvalue weighted by atomic mass is 16.6. The first-order valence-electron chi connectivity index (χ1n) is 5.89. The van der Waals surface area contributed by atoms with E-state index in [0.29, 0.717) is 17.9 Å². The van der Waals surface area contributed by atoms with Gasteiger partial charge in [0.15, 0.2) is 0 Å². The summed E-state index contributed by atoms with van der Waals surface area (Å²) in [7, 11) is 0. The largest absolute Gasteiger partial charge is 0.397 e. The van der Waals surface area contributed by atoms with E-state index in [0.717, 1.165) is 5.56 Å². The van der Waals surface area contributed by atoms with Crippen molar-refractivity contribution in [3.8, 4) is 0 Å². The normalized spacial score (nSPS) is 10.2. The zero-order valence-electron chi connectivity index (χ0n) is 10.6. The van der Waals surface area contributed by atoms with Gasteiger partial charge in [-0.1, -0.05) is 29.8 Å². The highest BCUT2D eigenvalue weighted by molar-refractivity contribution is 5.69. The van der Waals surface area contributed by atoms with Crippen molar-refractivity contribution in [2.24, 2.45) is 0 Å². The molecule has 0 heterocycles. The molecule has 0 saturated carbocycles. The van der Waals surface area contributed by atoms with E-state index in [9.17, 15) is 10.1 Å². The number of nitro groups is 1. The Balaban J connectivity index is 2.10. The van der Waals surface area contributed by atoms with Crippen molar-refractivity contribution < 1.29 is 4.92 Å². The number of nitrogens with zero attached hydrogens (tertiary/aromatic N) is 1. The average Bonchev–Trinajstić information content (AvgIpc) is 2.37. The van der Waals surface area contributed by atoms with E-state index in [1.54, 1.807) is 6.07 Å². The average molecular weight is 257 g/mol. The van der Waals surface area contributed by atoms with Crippen molar-refractivity contribution in [1.29, 1.82) is 0 Å². The minimum absolute atomic E-state index is 0.00129. The first-order chi connectivity index (χ1) is 9.06. The second-order valence-electron chi connectivity index (χ2n) is 4.37. The summed E-state index contributed by atoms with van der Waals surface area (Å²) in [4.78, 5) is 10.2. The summed E-state index contributed by atoms with van der Waals surface area (Å²) < 4.78 is 0. The molecule has 0 spiro atoms. The lowest BCUT2D eigenvalue weighted by Crippen LogP contribution is -2.03. The Morgan fingerprint density at radius 1 is 1.26 bits per heavy atom. The highest BCUT2D eigenvalue weighted by Crippen LogP contribution is 2.24. The van der Waals surface area contributed by atoms with Crippen LogP contribution in [0.15, 0.2) is 42.5 Å². The molecular weight excluding hydrogens is 242 g/mol. The Hall–Kier alpha value is -2.56. The van der Waals surface area contributed by atoms with Gasteiger partial charge in [-0.3, -0.25) is 10.1 Å². The summed E-state index contributed by atoms with van der Waals surface area (Å²) in [6.07, 6.45) is 0. The maximum Gasteiger partial charge on any atom is 0.271 e. The molecule has 0 aliphatic carbocycles. The Labute approximate surface area is 111 Å². The van der Waals surface area contributed by atoms with Crippen LogP contribution in [0.4, 0.5) is 17.1 Å². The summed E-state index contributed by atoms with van der Waals surface area (Å²) in [6.45, 7) is 2.66. The molecule has 98 valence electrons. The van der Waals surface area contributed by atoms with Gasteiger partial charge < -0.3 is 11.1 Å². The van der Waals surface area contributed by atoms with Crippen LogP contribution in [0.2, 0.25) is 0 Å². The first kappa shape index (κ1) is 12.9. The molecule has 0 aromatic heterocycles. The lowest BCUT2D eigenvalue weighted by Gasteiger charge is -2.09. The van der Waals surface area contributed by atoms with Crippen LogP contribution in [0.25, 0.3) is 0 Å². The number of nitrogen functional groups attached to an aromatic ring is 1. The molecule has 2 aromatic rings. The number of anilines is 2. The second-order valence-corrected chi connectivity index (χ2v) is 4.37. The number of hydrogen-bond donors (Lipinski definition) is 2. The Morgan fingerprint density at radius 3 is 2.68 bits per heavy atom. The fourth-order valence-electron chi connectivity index (χ4n) is 1.84. The Morgan fingerprint density at radius 2 is 2.05 bits per heavy atom. The van der Waals surface area contributed by atoms with Gasteiger partial charge in [-0.05, 0) is 18.6 Å². The number of nitrogens with two attached hydrogens (primary N) is 1. The van der Waals surface area contributed by atoms with E-state index in [1.165, 1.54) is 17.7 Å². The lowest BCUT2D eigenvalue weighted by atomic mass is 10.1. The van der Waals surface area contributed by atoms with Crippen molar-refractivity contribution in [2.45, 2.75) is 13.5 Å². The molecule has 0 bridgehead atoms. The molecule has 0 saturated heterocycles. The molecule has 3 N–H and O–H groups in total. The summed E-state index contributed by atoms with van der Waals surface area (Å²) in [5.41, 5.74) is 9.19. The van der Waals surface area contributed by atoms with Gasteiger partial charge in [-0.15, -0.1) is 0 Å². The molecule has 0 amide bonds. The summed E-state index contributed by atoms with van der Waals surface area (Å²) in [5.74, 6) is 0. The van der Waals surface area contributed by atoms with Crippen LogP contribution in [0.3, 0.4) is 0 Å². The fraction of sp³-hybridized carbons (Fsp3) is 0.143. The lowest BCUT2D eigenvalue weighted by molar-refractivity contribution is -0.384. The summed E-state index contributed by atoms with van der Waals surface area (Å²) in [6, 6.07) is 12.5. The van der Waals surface area contributed by atoms with Gasteiger partial charge in [0, 0.05) is 18.7 Å². The number of hydrogen-bond acceptors (Lipinski definition) is 4. The van der Waals surface area contributed by atoms with E-state index >= 15 is 0 Å². The third-order valence-electron chi connectivity index (χ3n) is 2.81. The predicted octanol–water partition coefficient (Wildman–Crippen LogP) is 3.10. The van der Waals surface area contributed by atoms with Crippen LogP contribution in [0.1, 0.15) is 11.1 Å². The third-order valence-corrected chi connectivity index (χ3v) is 2.81. The molecule has 0 aliphatic heterocycles. The molecule has 0 unspecified atom stereocenters. The zero-order valence-corrected chi connectivity index (χ0v) is 10.6. The van der Waals surface area contributed by atoms with Gasteiger partial charge in [0.1, 0.15) is 0 Å². The van der Waals surface area contributed by atoms with E-state index in [2.05, 4.69) is 11.4 Å². The monoisotopic (exact) mass is 257 g/mol. The molecule has 2 aromatic carbocycles. The van der Waals surface area contributed by atoms with Gasteiger partial charge in [0.25, 0.3) is 5.69 Å². The first-order valence-corrected chi connectivity index (χ1v) is 5.89. The van der Waals surface area contributed by atoms with Crippen LogP contribution in [-0.2, 0) is 6.54 Å². The molecule has 0 fully saturated rings. The molecule has 5 nitrogen and oxygen atoms in total. The van der Waals surface area contributed by atoms with Gasteiger partial charge in [0.2, 0.25) is 0 Å². The Kier molecular flexibility index (Phi) is 3.66. The number of nitro benzene ring substituents is 1. The minimum atomic E-state index is -0.458. The quantitative estimate of drug-likeness (QED) is 0.501. The van der Waals surface area contributed by atoms with Crippen LogP contribution < -0.4 is 11.1 Å². The topological polar surface area (TPSA) is 81.2 Å². The summed E-state index contributed by atoms with van der Waals surface area (Å²) >= 11 is 0. The van der Waals surface area contributed by atoms with Crippen molar-refractivity contribution in [3.63, 3.8) is 0 Å². The second kappa shape index (κ2) is 5.39. The number of rotatable bonds is 4. The van der Waals surface area contributed by atoms with Crippen molar-refractivity contribution in [2.75, 3.05) is 11.1 Å². The number of benzene rings is 2. The fourth-order valence-corrected chi connectivity index (χ4v) is 1.84. The molecular formula is C14H15N3O2. The highest BCUT2D eigenvalue weighted by Gasteiger charge is 2.08.